The van der Waals surface area contributed by atoms with Gasteiger partial charge in [-0.25, -0.2) is 29.3 Å². The van der Waals surface area contributed by atoms with Crippen LogP contribution in [0.5, 0.6) is 0 Å². The highest BCUT2D eigenvalue weighted by Gasteiger charge is 2.13. The van der Waals surface area contributed by atoms with Crippen LogP contribution in [0.4, 0.5) is 0 Å². The summed E-state index contributed by atoms with van der Waals surface area (Å²) >= 11 is 0. The van der Waals surface area contributed by atoms with Crippen LogP contribution in [0.3, 0.4) is 0 Å². The first-order valence-electron chi connectivity index (χ1n) is 10.6. The molecule has 0 aliphatic rings. The lowest BCUT2D eigenvalue weighted by molar-refractivity contribution is 0.847. The molecule has 2 N–H and O–H groups in total. The summed E-state index contributed by atoms with van der Waals surface area (Å²) in [4.78, 5) is 25.6. The third-order valence-corrected chi connectivity index (χ3v) is 5.52. The van der Waals surface area contributed by atoms with Crippen LogP contribution in [-0.2, 0) is 0 Å². The van der Waals surface area contributed by atoms with E-state index in [1.54, 1.807) is 21.8 Å². The van der Waals surface area contributed by atoms with Crippen LogP contribution in [0, 0.1) is 0 Å². The maximum atomic E-state index is 4.76. The van der Waals surface area contributed by atoms with Gasteiger partial charge in [0.25, 0.3) is 0 Å². The van der Waals surface area contributed by atoms with Crippen molar-refractivity contribution in [2.75, 3.05) is 0 Å². The number of hydrogen-bond acceptors (Lipinski definition) is 6. The van der Waals surface area contributed by atoms with Gasteiger partial charge in [0, 0.05) is 24.8 Å². The van der Waals surface area contributed by atoms with Crippen LogP contribution >= 0.6 is 0 Å². The van der Waals surface area contributed by atoms with Crippen molar-refractivity contribution in [1.82, 2.24) is 49.5 Å². The van der Waals surface area contributed by atoms with Crippen molar-refractivity contribution >= 4 is 22.1 Å². The Labute approximate surface area is 192 Å². The van der Waals surface area contributed by atoms with Gasteiger partial charge in [-0.2, -0.15) is 10.2 Å². The highest BCUT2D eigenvalue weighted by atomic mass is 15.3. The predicted octanol–water partition coefficient (Wildman–Crippen LogP) is 3.93. The maximum absolute atomic E-state index is 4.76. The summed E-state index contributed by atoms with van der Waals surface area (Å²) in [6.07, 6.45) is 7.16. The highest BCUT2D eigenvalue weighted by Crippen LogP contribution is 2.26. The van der Waals surface area contributed by atoms with E-state index in [1.165, 1.54) is 0 Å². The first kappa shape index (κ1) is 18.5. The highest BCUT2D eigenvalue weighted by molar-refractivity contribution is 5.93. The minimum atomic E-state index is 0.686. The summed E-state index contributed by atoms with van der Waals surface area (Å²) in [5.74, 6) is 2.83. The largest absolute Gasteiger partial charge is 0.337 e. The van der Waals surface area contributed by atoms with Crippen LogP contribution in [0.25, 0.3) is 56.7 Å². The Bertz CT molecular complexity index is 1580. The molecule has 10 heteroatoms. The average Bonchev–Trinajstić information content (AvgIpc) is 3.68. The molecule has 0 bridgehead atoms. The second-order valence-electron chi connectivity index (χ2n) is 7.72. The van der Waals surface area contributed by atoms with Crippen LogP contribution in [0.2, 0.25) is 0 Å². The van der Waals surface area contributed by atoms with Crippen LogP contribution in [0.15, 0.2) is 85.5 Å². The topological polar surface area (TPSA) is 119 Å². The quantitative estimate of drug-likeness (QED) is 0.425. The van der Waals surface area contributed by atoms with Gasteiger partial charge < -0.3 is 9.97 Å². The average molecular weight is 444 g/mol. The number of H-pyrrole nitrogens is 2. The molecule has 7 aromatic rings. The van der Waals surface area contributed by atoms with Crippen molar-refractivity contribution in [2.45, 2.75) is 0 Å². The van der Waals surface area contributed by atoms with Crippen LogP contribution in [0.1, 0.15) is 0 Å². The third-order valence-electron chi connectivity index (χ3n) is 5.52. The number of aromatic nitrogens is 10. The molecule has 162 valence electrons. The Morgan fingerprint density at radius 2 is 1.09 bits per heavy atom. The van der Waals surface area contributed by atoms with Crippen molar-refractivity contribution in [2.24, 2.45) is 0 Å². The Hall–Kier alpha value is -5.12. The number of aromatic amines is 2. The van der Waals surface area contributed by atoms with E-state index in [0.717, 1.165) is 45.1 Å². The van der Waals surface area contributed by atoms with E-state index >= 15 is 0 Å². The van der Waals surface area contributed by atoms with E-state index < -0.39 is 0 Å². The number of nitrogens with one attached hydrogen (secondary N) is 2. The zero-order valence-electron chi connectivity index (χ0n) is 17.7. The van der Waals surface area contributed by atoms with Crippen molar-refractivity contribution in [3.05, 3.63) is 85.5 Å². The molecule has 0 amide bonds. The zero-order valence-corrected chi connectivity index (χ0v) is 17.7. The fourth-order valence-electron chi connectivity index (χ4n) is 3.93. The molecule has 6 aromatic heterocycles. The van der Waals surface area contributed by atoms with Gasteiger partial charge in [0.2, 0.25) is 0 Å². The summed E-state index contributed by atoms with van der Waals surface area (Å²) in [6, 6.07) is 19.2. The number of hydrogen-bond donors (Lipinski definition) is 2. The van der Waals surface area contributed by atoms with Gasteiger partial charge in [-0.15, -0.1) is 0 Å². The Morgan fingerprint density at radius 3 is 1.56 bits per heavy atom. The monoisotopic (exact) mass is 444 g/mol. The van der Waals surface area contributed by atoms with Gasteiger partial charge in [-0.3, -0.25) is 0 Å². The molecule has 0 atom stereocenters. The Balaban J connectivity index is 1.27. The third kappa shape index (κ3) is 3.05. The van der Waals surface area contributed by atoms with Gasteiger partial charge in [0.05, 0.1) is 22.1 Å². The molecule has 6 heterocycles. The van der Waals surface area contributed by atoms with Gasteiger partial charge in [0.1, 0.15) is 11.4 Å². The SMILES string of the molecule is c1cc(-c2nc3cc4nc(-c5cccc(-n6cccn6)n5)[nH]c4cc3[nH]2)nc(-n2cccn2)c1. The number of nitrogens with zero attached hydrogens (tertiary/aromatic N) is 8. The summed E-state index contributed by atoms with van der Waals surface area (Å²) in [6.45, 7) is 0. The number of benzene rings is 1. The number of imidazole rings is 2. The molecular weight excluding hydrogens is 428 g/mol. The molecule has 10 nitrogen and oxygen atoms in total. The fraction of sp³-hybridized carbons (Fsp3) is 0. The van der Waals surface area contributed by atoms with Crippen molar-refractivity contribution in [3.63, 3.8) is 0 Å². The van der Waals surface area contributed by atoms with E-state index in [1.807, 2.05) is 73.1 Å². The summed E-state index contributed by atoms with van der Waals surface area (Å²) < 4.78 is 3.44. The lowest BCUT2D eigenvalue weighted by atomic mass is 10.3. The first-order valence-corrected chi connectivity index (χ1v) is 10.6. The van der Waals surface area contributed by atoms with E-state index in [4.69, 9.17) is 9.97 Å². The predicted molar refractivity (Wildman–Crippen MR) is 126 cm³/mol. The standard InChI is InChI=1S/C24H16N10/c1-5-15(27-21(7-1)33-11-3-9-25-33)23-29-17-13-19-20(14-18(17)30-23)32-24(31-19)16-6-2-8-22(28-16)34-12-4-10-26-34/h1-14H,(H,29,30)(H,31,32). The lowest BCUT2D eigenvalue weighted by Crippen LogP contribution is -1.99. The van der Waals surface area contributed by atoms with Gasteiger partial charge >= 0.3 is 0 Å². The smallest absolute Gasteiger partial charge is 0.157 e. The molecule has 0 spiro atoms. The molecule has 7 rings (SSSR count). The molecule has 0 radical (unpaired) electrons. The van der Waals surface area contributed by atoms with Gasteiger partial charge in [-0.05, 0) is 48.5 Å². The van der Waals surface area contributed by atoms with Gasteiger partial charge in [0.15, 0.2) is 23.3 Å². The lowest BCUT2D eigenvalue weighted by Gasteiger charge is -2.02. The fourth-order valence-corrected chi connectivity index (χ4v) is 3.93. The molecular formula is C24H16N10. The van der Waals surface area contributed by atoms with Crippen molar-refractivity contribution in [1.29, 1.82) is 0 Å². The molecule has 1 aromatic carbocycles. The summed E-state index contributed by atoms with van der Waals surface area (Å²) in [5.41, 5.74) is 4.88. The Kier molecular flexibility index (Phi) is 3.91. The minimum absolute atomic E-state index is 0.686. The van der Waals surface area contributed by atoms with E-state index in [0.29, 0.717) is 11.6 Å². The summed E-state index contributed by atoms with van der Waals surface area (Å²) in [7, 11) is 0. The van der Waals surface area contributed by atoms with E-state index in [-0.39, 0.29) is 0 Å². The molecule has 0 aliphatic carbocycles. The van der Waals surface area contributed by atoms with E-state index in [2.05, 4.69) is 30.1 Å². The van der Waals surface area contributed by atoms with Crippen molar-refractivity contribution in [3.8, 4) is 34.7 Å². The Morgan fingerprint density at radius 1 is 0.559 bits per heavy atom. The van der Waals surface area contributed by atoms with E-state index in [9.17, 15) is 0 Å². The van der Waals surface area contributed by atoms with Crippen molar-refractivity contribution < 1.29 is 0 Å². The molecule has 0 aliphatic heterocycles. The molecule has 0 fully saturated rings. The molecule has 0 unspecified atom stereocenters. The second-order valence-corrected chi connectivity index (χ2v) is 7.72. The molecule has 0 saturated carbocycles. The number of fused-ring (bicyclic) bond motifs is 2. The maximum Gasteiger partial charge on any atom is 0.157 e. The summed E-state index contributed by atoms with van der Waals surface area (Å²) in [5, 5.41) is 8.50. The molecule has 34 heavy (non-hydrogen) atoms. The first-order chi connectivity index (χ1) is 16.8. The zero-order chi connectivity index (χ0) is 22.5. The van der Waals surface area contributed by atoms with Crippen LogP contribution in [-0.4, -0.2) is 49.5 Å². The number of rotatable bonds is 4. The minimum Gasteiger partial charge on any atom is -0.337 e. The molecule has 0 saturated heterocycles. The van der Waals surface area contributed by atoms with Crippen LogP contribution < -0.4 is 0 Å². The van der Waals surface area contributed by atoms with Gasteiger partial charge in [-0.1, -0.05) is 12.1 Å². The normalized spacial score (nSPS) is 11.5. The second kappa shape index (κ2) is 7.20. The number of pyridine rings is 2.